The van der Waals surface area contributed by atoms with E-state index in [1.54, 1.807) is 10.7 Å². The highest BCUT2D eigenvalue weighted by Crippen LogP contribution is 2.31. The van der Waals surface area contributed by atoms with E-state index in [1.807, 2.05) is 36.5 Å². The number of hydrogen-bond acceptors (Lipinski definition) is 5. The lowest BCUT2D eigenvalue weighted by molar-refractivity contribution is 0.684. The first-order valence-corrected chi connectivity index (χ1v) is 10.1. The number of hydrogen-bond donors (Lipinski definition) is 1. The molecule has 4 aromatic rings. The SMILES string of the molecule is C[C@H]1CC[C@H](C)N1c1cccc(Nc2cc(-c3ccccc3)nn3ccnc23)n1. The summed E-state index contributed by atoms with van der Waals surface area (Å²) in [6.45, 7) is 4.54. The minimum Gasteiger partial charge on any atom is -0.351 e. The fraction of sp³-hybridized carbons (Fsp3) is 0.261. The molecule has 29 heavy (non-hydrogen) atoms. The van der Waals surface area contributed by atoms with Gasteiger partial charge in [0.25, 0.3) is 0 Å². The van der Waals surface area contributed by atoms with E-state index in [2.05, 4.69) is 53.3 Å². The molecule has 2 atom stereocenters. The van der Waals surface area contributed by atoms with Crippen LogP contribution in [0.3, 0.4) is 0 Å². The van der Waals surface area contributed by atoms with E-state index in [9.17, 15) is 0 Å². The van der Waals surface area contributed by atoms with Crippen LogP contribution < -0.4 is 10.2 Å². The van der Waals surface area contributed by atoms with E-state index >= 15 is 0 Å². The predicted octanol–water partition coefficient (Wildman–Crippen LogP) is 4.91. The molecule has 1 saturated heterocycles. The number of nitrogens with zero attached hydrogens (tertiary/aromatic N) is 5. The molecule has 0 aliphatic carbocycles. The van der Waals surface area contributed by atoms with Gasteiger partial charge in [0.05, 0.1) is 11.4 Å². The number of rotatable bonds is 4. The van der Waals surface area contributed by atoms with Crippen molar-refractivity contribution in [2.24, 2.45) is 0 Å². The molecule has 1 aliphatic heterocycles. The van der Waals surface area contributed by atoms with E-state index in [-0.39, 0.29) is 0 Å². The van der Waals surface area contributed by atoms with E-state index in [1.165, 1.54) is 12.8 Å². The van der Waals surface area contributed by atoms with Crippen molar-refractivity contribution in [3.05, 3.63) is 67.0 Å². The third-order valence-corrected chi connectivity index (χ3v) is 5.64. The standard InChI is InChI=1S/C23H24N6/c1-16-11-12-17(2)29(16)22-10-6-9-21(26-22)25-20-15-19(18-7-4-3-5-8-18)27-28-14-13-24-23(20)28/h3-10,13-17H,11-12H2,1-2H3,(H,25,26)/t16-,17-/m0/s1. The molecule has 0 bridgehead atoms. The summed E-state index contributed by atoms with van der Waals surface area (Å²) in [6.07, 6.45) is 6.05. The molecule has 0 amide bonds. The number of aromatic nitrogens is 4. The average Bonchev–Trinajstić information content (AvgIpc) is 3.35. The van der Waals surface area contributed by atoms with Gasteiger partial charge in [0.15, 0.2) is 5.65 Å². The molecule has 5 rings (SSSR count). The van der Waals surface area contributed by atoms with Crippen LogP contribution in [0.25, 0.3) is 16.9 Å². The molecule has 0 radical (unpaired) electrons. The number of anilines is 3. The van der Waals surface area contributed by atoms with Gasteiger partial charge in [-0.2, -0.15) is 5.10 Å². The molecule has 0 unspecified atom stereocenters. The topological polar surface area (TPSA) is 58.4 Å². The van der Waals surface area contributed by atoms with Crippen LogP contribution in [0.1, 0.15) is 26.7 Å². The maximum Gasteiger partial charge on any atom is 0.177 e. The van der Waals surface area contributed by atoms with Crippen molar-refractivity contribution in [2.75, 3.05) is 10.2 Å². The Kier molecular flexibility index (Phi) is 4.39. The van der Waals surface area contributed by atoms with Crippen molar-refractivity contribution in [1.29, 1.82) is 0 Å². The van der Waals surface area contributed by atoms with Gasteiger partial charge in [0, 0.05) is 30.0 Å². The van der Waals surface area contributed by atoms with Crippen LogP contribution in [0.4, 0.5) is 17.3 Å². The summed E-state index contributed by atoms with van der Waals surface area (Å²) in [6, 6.07) is 19.4. The summed E-state index contributed by atoms with van der Waals surface area (Å²) in [5.41, 5.74) is 3.61. The van der Waals surface area contributed by atoms with Crippen LogP contribution in [0.15, 0.2) is 67.0 Å². The third kappa shape index (κ3) is 3.31. The largest absolute Gasteiger partial charge is 0.351 e. The highest BCUT2D eigenvalue weighted by atomic mass is 15.3. The second kappa shape index (κ2) is 7.20. The molecule has 146 valence electrons. The lowest BCUT2D eigenvalue weighted by Gasteiger charge is -2.27. The van der Waals surface area contributed by atoms with Crippen molar-refractivity contribution in [1.82, 2.24) is 19.6 Å². The van der Waals surface area contributed by atoms with Crippen LogP contribution in [0.2, 0.25) is 0 Å². The zero-order valence-electron chi connectivity index (χ0n) is 16.7. The fourth-order valence-electron chi connectivity index (χ4n) is 4.18. The molecule has 6 heteroatoms. The van der Waals surface area contributed by atoms with Crippen LogP contribution in [0.5, 0.6) is 0 Å². The Labute approximate surface area is 170 Å². The van der Waals surface area contributed by atoms with Crippen molar-refractivity contribution in [2.45, 2.75) is 38.8 Å². The molecule has 0 saturated carbocycles. The Hall–Kier alpha value is -3.41. The molecule has 3 aromatic heterocycles. The molecule has 1 N–H and O–H groups in total. The highest BCUT2D eigenvalue weighted by Gasteiger charge is 2.28. The Bertz CT molecular complexity index is 1130. The predicted molar refractivity (Wildman–Crippen MR) is 117 cm³/mol. The van der Waals surface area contributed by atoms with Gasteiger partial charge in [-0.05, 0) is 44.9 Å². The van der Waals surface area contributed by atoms with Crippen LogP contribution in [-0.2, 0) is 0 Å². The molecule has 1 aliphatic rings. The summed E-state index contributed by atoms with van der Waals surface area (Å²) in [5, 5.41) is 8.17. The molecule has 6 nitrogen and oxygen atoms in total. The van der Waals surface area contributed by atoms with E-state index in [0.717, 1.165) is 34.2 Å². The van der Waals surface area contributed by atoms with Crippen molar-refractivity contribution < 1.29 is 0 Å². The van der Waals surface area contributed by atoms with E-state index in [0.29, 0.717) is 12.1 Å². The molecule has 1 aromatic carbocycles. The van der Waals surface area contributed by atoms with Gasteiger partial charge in [-0.25, -0.2) is 14.5 Å². The monoisotopic (exact) mass is 384 g/mol. The lowest BCUT2D eigenvalue weighted by atomic mass is 10.1. The van der Waals surface area contributed by atoms with E-state index in [4.69, 9.17) is 10.1 Å². The van der Waals surface area contributed by atoms with Crippen LogP contribution >= 0.6 is 0 Å². The number of pyridine rings is 1. The minimum atomic E-state index is 0.511. The summed E-state index contributed by atoms with van der Waals surface area (Å²) in [7, 11) is 0. The first-order chi connectivity index (χ1) is 14.2. The highest BCUT2D eigenvalue weighted by molar-refractivity contribution is 5.77. The van der Waals surface area contributed by atoms with Gasteiger partial charge in [-0.1, -0.05) is 36.4 Å². The second-order valence-electron chi connectivity index (χ2n) is 7.69. The van der Waals surface area contributed by atoms with Gasteiger partial charge in [0.1, 0.15) is 11.6 Å². The van der Waals surface area contributed by atoms with Gasteiger partial charge < -0.3 is 10.2 Å². The molecule has 0 spiro atoms. The summed E-state index contributed by atoms with van der Waals surface area (Å²) in [4.78, 5) is 11.8. The first kappa shape index (κ1) is 17.7. The average molecular weight is 384 g/mol. The zero-order chi connectivity index (χ0) is 19.8. The zero-order valence-corrected chi connectivity index (χ0v) is 16.7. The Balaban J connectivity index is 1.52. The number of nitrogens with one attached hydrogen (secondary N) is 1. The summed E-state index contributed by atoms with van der Waals surface area (Å²) in [5.74, 6) is 1.83. The van der Waals surface area contributed by atoms with Gasteiger partial charge in [0.2, 0.25) is 0 Å². The maximum absolute atomic E-state index is 4.90. The number of imidazole rings is 1. The van der Waals surface area contributed by atoms with Crippen molar-refractivity contribution >= 4 is 23.0 Å². The number of fused-ring (bicyclic) bond motifs is 1. The molecular formula is C23H24N6. The Morgan fingerprint density at radius 2 is 1.76 bits per heavy atom. The maximum atomic E-state index is 4.90. The number of benzene rings is 1. The molecule has 1 fully saturated rings. The normalized spacial score (nSPS) is 19.0. The fourth-order valence-corrected chi connectivity index (χ4v) is 4.18. The van der Waals surface area contributed by atoms with E-state index < -0.39 is 0 Å². The first-order valence-electron chi connectivity index (χ1n) is 10.1. The van der Waals surface area contributed by atoms with Gasteiger partial charge in [-0.3, -0.25) is 0 Å². The van der Waals surface area contributed by atoms with Crippen molar-refractivity contribution in [3.8, 4) is 11.3 Å². The summed E-state index contributed by atoms with van der Waals surface area (Å²) < 4.78 is 1.80. The van der Waals surface area contributed by atoms with Crippen LogP contribution in [-0.4, -0.2) is 31.7 Å². The van der Waals surface area contributed by atoms with Crippen LogP contribution in [0, 0.1) is 0 Å². The Morgan fingerprint density at radius 1 is 0.966 bits per heavy atom. The Morgan fingerprint density at radius 3 is 2.55 bits per heavy atom. The minimum absolute atomic E-state index is 0.511. The summed E-state index contributed by atoms with van der Waals surface area (Å²) >= 11 is 0. The molecule has 4 heterocycles. The van der Waals surface area contributed by atoms with Crippen molar-refractivity contribution in [3.63, 3.8) is 0 Å². The van der Waals surface area contributed by atoms with Gasteiger partial charge >= 0.3 is 0 Å². The van der Waals surface area contributed by atoms with Gasteiger partial charge in [-0.15, -0.1) is 0 Å². The second-order valence-corrected chi connectivity index (χ2v) is 7.69. The quantitative estimate of drug-likeness (QED) is 0.542. The smallest absolute Gasteiger partial charge is 0.177 e. The molecular weight excluding hydrogens is 360 g/mol. The third-order valence-electron chi connectivity index (χ3n) is 5.64. The lowest BCUT2D eigenvalue weighted by Crippen LogP contribution is -2.33.